The highest BCUT2D eigenvalue weighted by Crippen LogP contribution is 2.19. The molecule has 0 saturated heterocycles. The van der Waals surface area contributed by atoms with Gasteiger partial charge in [-0.25, -0.2) is 18.6 Å². The van der Waals surface area contributed by atoms with Gasteiger partial charge in [-0.05, 0) is 30.7 Å². The topological polar surface area (TPSA) is 112 Å². The fraction of sp³-hybridized carbons (Fsp3) is 0.333. The summed E-state index contributed by atoms with van der Waals surface area (Å²) in [5.74, 6) is 0.388. The fourth-order valence-electron chi connectivity index (χ4n) is 0.882. The third-order valence-electron chi connectivity index (χ3n) is 1.64. The minimum atomic E-state index is -4.94. The SMILES string of the molecule is Cc1cc([S+](C)C)ccc1O.[O-][Cl+3]([O-])([O-])[O-]. The van der Waals surface area contributed by atoms with Gasteiger partial charge in [0.25, 0.3) is 0 Å². The van der Waals surface area contributed by atoms with Gasteiger partial charge in [-0.1, -0.05) is 0 Å². The number of hydrogen-bond donors (Lipinski definition) is 1. The Balaban J connectivity index is 0.000000385. The van der Waals surface area contributed by atoms with E-state index >= 15 is 0 Å². The molecule has 0 heterocycles. The zero-order valence-corrected chi connectivity index (χ0v) is 10.7. The van der Waals surface area contributed by atoms with Crippen LogP contribution in [-0.4, -0.2) is 17.6 Å². The van der Waals surface area contributed by atoms with Crippen molar-refractivity contribution < 1.29 is 34.0 Å². The Labute approximate surface area is 99.1 Å². The average Bonchev–Trinajstić information content (AvgIpc) is 2.06. The summed E-state index contributed by atoms with van der Waals surface area (Å²) in [7, 11) is -4.65. The van der Waals surface area contributed by atoms with E-state index in [9.17, 15) is 5.11 Å². The van der Waals surface area contributed by atoms with Crippen molar-refractivity contribution in [2.75, 3.05) is 12.5 Å². The molecule has 0 radical (unpaired) electrons. The first-order valence-electron chi connectivity index (χ1n) is 4.10. The minimum absolute atomic E-state index is 0.291. The molecule has 1 rings (SSSR count). The molecule has 1 aromatic carbocycles. The summed E-state index contributed by atoms with van der Waals surface area (Å²) in [6, 6.07) is 5.78. The molecule has 0 fully saturated rings. The number of phenolic OH excluding ortho intramolecular Hbond substituents is 1. The van der Waals surface area contributed by atoms with Gasteiger partial charge in [-0.3, -0.25) is 0 Å². The second kappa shape index (κ2) is 6.29. The van der Waals surface area contributed by atoms with Crippen molar-refractivity contribution in [2.45, 2.75) is 11.8 Å². The summed E-state index contributed by atoms with van der Waals surface area (Å²) in [5.41, 5.74) is 0.962. The minimum Gasteiger partial charge on any atom is -0.508 e. The van der Waals surface area contributed by atoms with Gasteiger partial charge in [0.15, 0.2) is 4.90 Å². The van der Waals surface area contributed by atoms with Gasteiger partial charge < -0.3 is 5.11 Å². The van der Waals surface area contributed by atoms with Crippen molar-refractivity contribution in [1.82, 2.24) is 0 Å². The Morgan fingerprint density at radius 1 is 1.12 bits per heavy atom. The number of aromatic hydroxyl groups is 1. The molecular formula is C9H13ClO5S. The van der Waals surface area contributed by atoms with Crippen molar-refractivity contribution in [1.29, 1.82) is 0 Å². The Bertz CT molecular complexity index is 331. The summed E-state index contributed by atoms with van der Waals surface area (Å²) in [4.78, 5) is 1.31. The van der Waals surface area contributed by atoms with Gasteiger partial charge in [0.2, 0.25) is 0 Å². The zero-order valence-electron chi connectivity index (χ0n) is 9.10. The number of hydrogen-bond acceptors (Lipinski definition) is 5. The van der Waals surface area contributed by atoms with E-state index in [0.717, 1.165) is 5.56 Å². The van der Waals surface area contributed by atoms with Crippen LogP contribution in [0.3, 0.4) is 0 Å². The quantitative estimate of drug-likeness (QED) is 0.552. The first kappa shape index (κ1) is 15.5. The average molecular weight is 269 g/mol. The van der Waals surface area contributed by atoms with E-state index < -0.39 is 10.2 Å². The molecule has 0 saturated carbocycles. The molecule has 0 aliphatic carbocycles. The molecule has 1 N–H and O–H groups in total. The molecule has 5 nitrogen and oxygen atoms in total. The molecule has 1 aromatic rings. The van der Waals surface area contributed by atoms with Crippen LogP contribution in [-0.2, 0) is 10.9 Å². The van der Waals surface area contributed by atoms with Crippen molar-refractivity contribution in [3.05, 3.63) is 23.8 Å². The molecule has 0 aromatic heterocycles. The summed E-state index contributed by atoms with van der Waals surface area (Å²) in [6.07, 6.45) is 4.34. The van der Waals surface area contributed by atoms with Crippen LogP contribution in [0.5, 0.6) is 5.75 Å². The van der Waals surface area contributed by atoms with E-state index in [0.29, 0.717) is 16.6 Å². The van der Waals surface area contributed by atoms with Gasteiger partial charge in [0.05, 0.1) is 0 Å². The van der Waals surface area contributed by atoms with Gasteiger partial charge in [0, 0.05) is 10.9 Å². The maximum absolute atomic E-state index is 9.23. The summed E-state index contributed by atoms with van der Waals surface area (Å²) < 4.78 is 34.0. The lowest BCUT2D eigenvalue weighted by Crippen LogP contribution is -2.68. The Morgan fingerprint density at radius 3 is 1.88 bits per heavy atom. The van der Waals surface area contributed by atoms with E-state index in [-0.39, 0.29) is 0 Å². The highest BCUT2D eigenvalue weighted by Gasteiger charge is 2.08. The van der Waals surface area contributed by atoms with E-state index in [2.05, 4.69) is 12.5 Å². The lowest BCUT2D eigenvalue weighted by Gasteiger charge is -2.17. The van der Waals surface area contributed by atoms with E-state index in [1.54, 1.807) is 6.07 Å². The molecular weight excluding hydrogens is 256 g/mol. The largest absolute Gasteiger partial charge is 0.508 e. The summed E-state index contributed by atoms with van der Waals surface area (Å²) >= 11 is 0. The van der Waals surface area contributed by atoms with Crippen molar-refractivity contribution >= 4 is 10.9 Å². The normalized spacial score (nSPS) is 11.0. The van der Waals surface area contributed by atoms with Crippen molar-refractivity contribution in [3.8, 4) is 5.75 Å². The van der Waals surface area contributed by atoms with Gasteiger partial charge in [-0.15, -0.1) is 10.2 Å². The van der Waals surface area contributed by atoms with Crippen molar-refractivity contribution in [2.24, 2.45) is 0 Å². The number of phenols is 1. The Kier molecular flexibility index (Phi) is 6.09. The van der Waals surface area contributed by atoms with Gasteiger partial charge in [-0.2, -0.15) is 0 Å². The van der Waals surface area contributed by atoms with Crippen LogP contribution in [0.4, 0.5) is 0 Å². The lowest BCUT2D eigenvalue weighted by molar-refractivity contribution is -2.00. The van der Waals surface area contributed by atoms with E-state index in [4.69, 9.17) is 18.6 Å². The Morgan fingerprint density at radius 2 is 1.56 bits per heavy atom. The number of aryl methyl sites for hydroxylation is 1. The first-order valence-corrected chi connectivity index (χ1v) is 7.38. The molecule has 0 unspecified atom stereocenters. The highest BCUT2D eigenvalue weighted by atomic mass is 35.7. The van der Waals surface area contributed by atoms with Crippen molar-refractivity contribution in [3.63, 3.8) is 0 Å². The monoisotopic (exact) mass is 268 g/mol. The molecule has 7 heteroatoms. The van der Waals surface area contributed by atoms with E-state index in [1.807, 2.05) is 19.1 Å². The number of rotatable bonds is 1. The molecule has 16 heavy (non-hydrogen) atoms. The van der Waals surface area contributed by atoms with Crippen LogP contribution >= 0.6 is 0 Å². The molecule has 0 aliphatic heterocycles. The molecule has 0 bridgehead atoms. The molecule has 92 valence electrons. The maximum atomic E-state index is 9.23. The van der Waals surface area contributed by atoms with Crippen LogP contribution < -0.4 is 18.6 Å². The molecule has 0 spiro atoms. The zero-order chi connectivity index (χ0) is 12.9. The number of benzene rings is 1. The standard InChI is InChI=1S/C9H12OS.ClHO4/c1-7-6-8(11(2)3)4-5-9(7)10;2-1(3,4)5/h4-6H,1-3H3;(H,2,3,4,5). The third-order valence-corrected chi connectivity index (χ3v) is 2.84. The maximum Gasteiger partial charge on any atom is 0.154 e. The second-order valence-electron chi connectivity index (χ2n) is 3.14. The van der Waals surface area contributed by atoms with E-state index in [1.165, 1.54) is 4.90 Å². The summed E-state index contributed by atoms with van der Waals surface area (Å²) in [5, 5.41) is 9.23. The second-order valence-corrected chi connectivity index (χ2v) is 6.00. The predicted octanol–water partition coefficient (Wildman–Crippen LogP) is -2.82. The van der Waals surface area contributed by atoms with Crippen LogP contribution in [0.15, 0.2) is 23.1 Å². The first-order chi connectivity index (χ1) is 7.11. The van der Waals surface area contributed by atoms with Crippen LogP contribution in [0.1, 0.15) is 5.56 Å². The van der Waals surface area contributed by atoms with Crippen LogP contribution in [0.25, 0.3) is 0 Å². The fourth-order valence-corrected chi connectivity index (χ4v) is 1.63. The molecule has 0 atom stereocenters. The highest BCUT2D eigenvalue weighted by molar-refractivity contribution is 7.95. The third kappa shape index (κ3) is 7.75. The van der Waals surface area contributed by atoms with Crippen LogP contribution in [0, 0.1) is 17.2 Å². The smallest absolute Gasteiger partial charge is 0.154 e. The Hall–Kier alpha value is -0.500. The van der Waals surface area contributed by atoms with Gasteiger partial charge >= 0.3 is 0 Å². The molecule has 0 aliphatic rings. The van der Waals surface area contributed by atoms with Gasteiger partial charge in [0.1, 0.15) is 18.3 Å². The van der Waals surface area contributed by atoms with Crippen LogP contribution in [0.2, 0.25) is 0 Å². The lowest BCUT2D eigenvalue weighted by atomic mass is 10.2. The predicted molar refractivity (Wildman–Crippen MR) is 50.3 cm³/mol. The summed E-state index contributed by atoms with van der Waals surface area (Å²) in [6.45, 7) is 1.92. The number of halogens is 1. The molecule has 0 amide bonds.